The Morgan fingerprint density at radius 1 is 1.19 bits per heavy atom. The molecular formula is C16H19N3O2. The van der Waals surface area contributed by atoms with Gasteiger partial charge in [0.1, 0.15) is 6.10 Å². The fraction of sp³-hybridized carbons (Fsp3) is 0.312. The molecule has 1 unspecified atom stereocenters. The van der Waals surface area contributed by atoms with Gasteiger partial charge in [-0.1, -0.05) is 51.1 Å². The number of aliphatic hydroxyl groups excluding tert-OH is 1. The van der Waals surface area contributed by atoms with E-state index in [0.29, 0.717) is 5.56 Å². The summed E-state index contributed by atoms with van der Waals surface area (Å²) in [5, 5.41) is 20.9. The van der Waals surface area contributed by atoms with Crippen LogP contribution in [0.2, 0.25) is 0 Å². The third kappa shape index (κ3) is 3.64. The number of carbonyl (C=O) groups is 1. The first kappa shape index (κ1) is 15.1. The molecule has 2 aromatic rings. The Balaban J connectivity index is 2.31. The van der Waals surface area contributed by atoms with Crippen LogP contribution < -0.4 is 5.32 Å². The lowest BCUT2D eigenvalue weighted by molar-refractivity contribution is -0.123. The van der Waals surface area contributed by atoms with Crippen LogP contribution in [0.1, 0.15) is 38.0 Å². The highest BCUT2D eigenvalue weighted by Crippen LogP contribution is 2.27. The van der Waals surface area contributed by atoms with E-state index in [1.54, 1.807) is 6.07 Å². The van der Waals surface area contributed by atoms with Gasteiger partial charge in [-0.05, 0) is 11.6 Å². The molecule has 0 saturated heterocycles. The molecular weight excluding hydrogens is 266 g/mol. The predicted molar refractivity (Wildman–Crippen MR) is 80.6 cm³/mol. The minimum atomic E-state index is -0.864. The van der Waals surface area contributed by atoms with E-state index in [1.165, 1.54) is 6.20 Å². The summed E-state index contributed by atoms with van der Waals surface area (Å²) in [6.07, 6.45) is 0.630. The quantitative estimate of drug-likeness (QED) is 0.908. The molecule has 0 aliphatic rings. The molecule has 1 heterocycles. The first-order valence-electron chi connectivity index (χ1n) is 6.75. The van der Waals surface area contributed by atoms with E-state index < -0.39 is 11.5 Å². The summed E-state index contributed by atoms with van der Waals surface area (Å²) in [6.45, 7) is 5.43. The zero-order chi connectivity index (χ0) is 15.5. The van der Waals surface area contributed by atoms with Crippen LogP contribution in [-0.4, -0.2) is 21.2 Å². The normalized spacial score (nSPS) is 12.8. The Kier molecular flexibility index (Phi) is 4.33. The van der Waals surface area contributed by atoms with Crippen molar-refractivity contribution >= 4 is 11.7 Å². The molecule has 0 bridgehead atoms. The fourth-order valence-electron chi connectivity index (χ4n) is 1.77. The van der Waals surface area contributed by atoms with E-state index in [-0.39, 0.29) is 11.7 Å². The molecule has 1 aromatic carbocycles. The molecule has 5 nitrogen and oxygen atoms in total. The molecule has 2 N–H and O–H groups in total. The van der Waals surface area contributed by atoms with Gasteiger partial charge in [-0.2, -0.15) is 5.10 Å². The minimum absolute atomic E-state index is 0.176. The summed E-state index contributed by atoms with van der Waals surface area (Å²) in [5.74, 6) is 0.110. The third-order valence-electron chi connectivity index (χ3n) is 3.07. The van der Waals surface area contributed by atoms with E-state index >= 15 is 0 Å². The smallest absolute Gasteiger partial charge is 0.230 e. The lowest BCUT2D eigenvalue weighted by Crippen LogP contribution is -2.29. The van der Waals surface area contributed by atoms with Crippen LogP contribution in [0.5, 0.6) is 0 Å². The molecule has 0 aliphatic carbocycles. The maximum absolute atomic E-state index is 12.1. The number of hydrogen-bond acceptors (Lipinski definition) is 4. The molecule has 1 amide bonds. The molecule has 1 aromatic heterocycles. The molecule has 0 aliphatic heterocycles. The van der Waals surface area contributed by atoms with Crippen LogP contribution in [0.25, 0.3) is 0 Å². The van der Waals surface area contributed by atoms with Gasteiger partial charge in [-0.3, -0.25) is 4.79 Å². The molecule has 0 fully saturated rings. The molecule has 0 saturated carbocycles. The zero-order valence-corrected chi connectivity index (χ0v) is 12.4. The average molecular weight is 285 g/mol. The molecule has 0 radical (unpaired) electrons. The summed E-state index contributed by atoms with van der Waals surface area (Å²) in [7, 11) is 0. The second kappa shape index (κ2) is 6.01. The summed E-state index contributed by atoms with van der Waals surface area (Å²) in [5.41, 5.74) is 0.706. The van der Waals surface area contributed by atoms with Crippen molar-refractivity contribution in [3.63, 3.8) is 0 Å². The Bertz CT molecular complexity index is 621. The van der Waals surface area contributed by atoms with E-state index in [0.717, 1.165) is 5.56 Å². The van der Waals surface area contributed by atoms with E-state index in [4.69, 9.17) is 0 Å². The van der Waals surface area contributed by atoms with Crippen LogP contribution in [0.3, 0.4) is 0 Å². The summed E-state index contributed by atoms with van der Waals surface area (Å²) >= 11 is 0. The zero-order valence-electron chi connectivity index (χ0n) is 12.4. The van der Waals surface area contributed by atoms with Gasteiger partial charge in [0.05, 0.1) is 6.20 Å². The number of nitrogens with one attached hydrogen (secondary N) is 1. The maximum atomic E-state index is 12.1. The highest BCUT2D eigenvalue weighted by molar-refractivity contribution is 5.94. The Hall–Kier alpha value is -2.27. The highest BCUT2D eigenvalue weighted by atomic mass is 16.3. The fourth-order valence-corrected chi connectivity index (χ4v) is 1.77. The molecule has 21 heavy (non-hydrogen) atoms. The predicted octanol–water partition coefficient (Wildman–Crippen LogP) is 2.54. The number of aromatic nitrogens is 2. The number of nitrogens with zero attached hydrogens (tertiary/aromatic N) is 2. The number of carbonyl (C=O) groups excluding carboxylic acids is 1. The Labute approximate surface area is 124 Å². The summed E-state index contributed by atoms with van der Waals surface area (Å²) < 4.78 is 0. The lowest BCUT2D eigenvalue weighted by atomic mass is 9.95. The van der Waals surface area contributed by atoms with Crippen molar-refractivity contribution in [2.75, 3.05) is 5.32 Å². The van der Waals surface area contributed by atoms with Crippen LogP contribution in [-0.2, 0) is 4.79 Å². The first-order valence-corrected chi connectivity index (χ1v) is 6.75. The van der Waals surface area contributed by atoms with Crippen LogP contribution in [0.15, 0.2) is 42.6 Å². The van der Waals surface area contributed by atoms with Gasteiger partial charge in [0.15, 0.2) is 5.82 Å². The van der Waals surface area contributed by atoms with Crippen molar-refractivity contribution in [3.8, 4) is 0 Å². The molecule has 2 rings (SSSR count). The van der Waals surface area contributed by atoms with Crippen molar-refractivity contribution in [2.24, 2.45) is 5.41 Å². The molecule has 5 heteroatoms. The van der Waals surface area contributed by atoms with Crippen LogP contribution >= 0.6 is 0 Å². The first-order chi connectivity index (χ1) is 9.89. The standard InChI is InChI=1S/C16H19N3O2/c1-16(2,3)15(21)18-14-12(9-10-17-19-14)13(20)11-7-5-4-6-8-11/h4-10,13,20H,1-3H3,(H,18,19,21). The van der Waals surface area contributed by atoms with Gasteiger partial charge < -0.3 is 10.4 Å². The van der Waals surface area contributed by atoms with Crippen molar-refractivity contribution in [1.29, 1.82) is 0 Å². The second-order valence-corrected chi connectivity index (χ2v) is 5.85. The second-order valence-electron chi connectivity index (χ2n) is 5.85. The number of benzene rings is 1. The SMILES string of the molecule is CC(C)(C)C(=O)Nc1nnccc1C(O)c1ccccc1. The number of rotatable bonds is 3. The number of anilines is 1. The number of aliphatic hydroxyl groups is 1. The van der Waals surface area contributed by atoms with Crippen molar-refractivity contribution in [3.05, 3.63) is 53.7 Å². The van der Waals surface area contributed by atoms with Gasteiger partial charge in [0.25, 0.3) is 0 Å². The summed E-state index contributed by atoms with van der Waals surface area (Å²) in [6, 6.07) is 10.9. The van der Waals surface area contributed by atoms with E-state index in [1.807, 2.05) is 51.1 Å². The van der Waals surface area contributed by atoms with Crippen LogP contribution in [0.4, 0.5) is 5.82 Å². The maximum Gasteiger partial charge on any atom is 0.230 e. The Morgan fingerprint density at radius 2 is 1.86 bits per heavy atom. The third-order valence-corrected chi connectivity index (χ3v) is 3.07. The van der Waals surface area contributed by atoms with Gasteiger partial charge in [0, 0.05) is 11.0 Å². The minimum Gasteiger partial charge on any atom is -0.384 e. The highest BCUT2D eigenvalue weighted by Gasteiger charge is 2.24. The van der Waals surface area contributed by atoms with Crippen molar-refractivity contribution in [2.45, 2.75) is 26.9 Å². The monoisotopic (exact) mass is 285 g/mol. The number of hydrogen-bond donors (Lipinski definition) is 2. The van der Waals surface area contributed by atoms with Gasteiger partial charge >= 0.3 is 0 Å². The summed E-state index contributed by atoms with van der Waals surface area (Å²) in [4.78, 5) is 12.1. The topological polar surface area (TPSA) is 75.1 Å². The number of amides is 1. The van der Waals surface area contributed by atoms with Gasteiger partial charge in [-0.25, -0.2) is 0 Å². The van der Waals surface area contributed by atoms with Crippen LogP contribution in [0, 0.1) is 5.41 Å². The molecule has 1 atom stereocenters. The average Bonchev–Trinajstić information content (AvgIpc) is 2.47. The molecule has 110 valence electrons. The lowest BCUT2D eigenvalue weighted by Gasteiger charge is -2.20. The van der Waals surface area contributed by atoms with E-state index in [9.17, 15) is 9.90 Å². The molecule has 0 spiro atoms. The van der Waals surface area contributed by atoms with Gasteiger partial charge in [0.2, 0.25) is 5.91 Å². The van der Waals surface area contributed by atoms with Gasteiger partial charge in [-0.15, -0.1) is 5.10 Å². The largest absolute Gasteiger partial charge is 0.384 e. The Morgan fingerprint density at radius 3 is 2.48 bits per heavy atom. The van der Waals surface area contributed by atoms with E-state index in [2.05, 4.69) is 15.5 Å². The van der Waals surface area contributed by atoms with Crippen molar-refractivity contribution in [1.82, 2.24) is 10.2 Å². The van der Waals surface area contributed by atoms with Crippen molar-refractivity contribution < 1.29 is 9.90 Å².